The molecule has 1 amide bonds. The Morgan fingerprint density at radius 1 is 1.31 bits per heavy atom. The summed E-state index contributed by atoms with van der Waals surface area (Å²) in [5.41, 5.74) is 1.50. The summed E-state index contributed by atoms with van der Waals surface area (Å²) < 4.78 is 28.2. The first kappa shape index (κ1) is 18.9. The molecule has 9 heteroatoms. The van der Waals surface area contributed by atoms with Gasteiger partial charge in [0.1, 0.15) is 0 Å². The molecule has 0 spiro atoms. The lowest BCUT2D eigenvalue weighted by Gasteiger charge is -2.30. The van der Waals surface area contributed by atoms with E-state index in [1.54, 1.807) is 29.8 Å². The maximum atomic E-state index is 12.6. The van der Waals surface area contributed by atoms with Gasteiger partial charge in [-0.3, -0.25) is 4.79 Å². The molecule has 3 rings (SSSR count). The van der Waals surface area contributed by atoms with Crippen molar-refractivity contribution in [3.8, 4) is 0 Å². The van der Waals surface area contributed by atoms with E-state index in [0.29, 0.717) is 36.6 Å². The molecule has 0 atom stereocenters. The van der Waals surface area contributed by atoms with Gasteiger partial charge in [-0.2, -0.15) is 4.31 Å². The number of rotatable bonds is 4. The molecule has 1 aromatic carbocycles. The normalized spacial score (nSPS) is 16.6. The number of nitrogens with one attached hydrogen (secondary N) is 1. The zero-order valence-corrected chi connectivity index (χ0v) is 16.2. The maximum Gasteiger partial charge on any atom is 0.262 e. The van der Waals surface area contributed by atoms with Crippen molar-refractivity contribution in [3.63, 3.8) is 0 Å². The van der Waals surface area contributed by atoms with Gasteiger partial charge in [0.25, 0.3) is 10.0 Å². The predicted molar refractivity (Wildman–Crippen MR) is 99.5 cm³/mol. The molecule has 140 valence electrons. The number of carbonyl (C=O) groups is 1. The second-order valence-electron chi connectivity index (χ2n) is 6.46. The number of amides is 1. The van der Waals surface area contributed by atoms with Crippen LogP contribution in [0.1, 0.15) is 18.4 Å². The lowest BCUT2D eigenvalue weighted by molar-refractivity contribution is -0.120. The van der Waals surface area contributed by atoms with E-state index in [4.69, 9.17) is 11.6 Å². The van der Waals surface area contributed by atoms with Gasteiger partial charge in [0.05, 0.1) is 6.33 Å². The van der Waals surface area contributed by atoms with Gasteiger partial charge in [-0.05, 0) is 37.5 Å². The van der Waals surface area contributed by atoms with Crippen molar-refractivity contribution in [1.29, 1.82) is 0 Å². The zero-order chi connectivity index (χ0) is 18.9. The van der Waals surface area contributed by atoms with Crippen LogP contribution in [0.15, 0.2) is 35.7 Å². The monoisotopic (exact) mass is 396 g/mol. The molecule has 0 saturated carbocycles. The van der Waals surface area contributed by atoms with Crippen molar-refractivity contribution in [2.75, 3.05) is 18.4 Å². The Morgan fingerprint density at radius 3 is 2.62 bits per heavy atom. The summed E-state index contributed by atoms with van der Waals surface area (Å²) in [7, 11) is -1.89. The van der Waals surface area contributed by atoms with E-state index < -0.39 is 10.0 Å². The summed E-state index contributed by atoms with van der Waals surface area (Å²) in [6.07, 6.45) is 3.88. The number of nitrogens with zero attached hydrogens (tertiary/aromatic N) is 3. The molecule has 0 bridgehead atoms. The van der Waals surface area contributed by atoms with Crippen LogP contribution in [0.25, 0.3) is 0 Å². The quantitative estimate of drug-likeness (QED) is 0.860. The number of imidazole rings is 1. The number of hydrogen-bond acceptors (Lipinski definition) is 4. The molecule has 26 heavy (non-hydrogen) atoms. The fourth-order valence-electron chi connectivity index (χ4n) is 2.99. The molecule has 0 radical (unpaired) electrons. The molecule has 0 unspecified atom stereocenters. The van der Waals surface area contributed by atoms with Crippen LogP contribution in [-0.2, 0) is 21.9 Å². The minimum atomic E-state index is -3.61. The van der Waals surface area contributed by atoms with E-state index in [9.17, 15) is 13.2 Å². The number of sulfonamides is 1. The molecule has 0 aliphatic carbocycles. The number of halogens is 1. The highest BCUT2D eigenvalue weighted by Crippen LogP contribution is 2.27. The summed E-state index contributed by atoms with van der Waals surface area (Å²) in [5.74, 6) is -0.339. The Balaban J connectivity index is 1.63. The molecule has 1 aliphatic rings. The van der Waals surface area contributed by atoms with Crippen LogP contribution in [0.3, 0.4) is 0 Å². The summed E-state index contributed by atoms with van der Waals surface area (Å²) in [6.45, 7) is 2.44. The summed E-state index contributed by atoms with van der Waals surface area (Å²) in [6, 6.07) is 5.36. The van der Waals surface area contributed by atoms with E-state index in [-0.39, 0.29) is 16.9 Å². The first-order valence-corrected chi connectivity index (χ1v) is 10.1. The van der Waals surface area contributed by atoms with E-state index in [1.807, 2.05) is 6.92 Å². The van der Waals surface area contributed by atoms with Gasteiger partial charge in [0.15, 0.2) is 5.03 Å². The third-order valence-corrected chi connectivity index (χ3v) is 6.83. The number of aryl methyl sites for hydroxylation is 1. The standard InChI is InChI=1S/C17H21ClN4O3S/c1-12-14(18)4-3-5-15(12)20-17(23)13-6-8-22(9-7-13)26(24,25)16-10-21(2)11-19-16/h3-5,10-11,13H,6-9H2,1-2H3,(H,20,23). The van der Waals surface area contributed by atoms with E-state index in [2.05, 4.69) is 10.3 Å². The van der Waals surface area contributed by atoms with Gasteiger partial charge < -0.3 is 9.88 Å². The summed E-state index contributed by atoms with van der Waals surface area (Å²) in [4.78, 5) is 16.5. The smallest absolute Gasteiger partial charge is 0.262 e. The Bertz CT molecular complexity index is 918. The molecule has 1 N–H and O–H groups in total. The molecule has 1 fully saturated rings. The van der Waals surface area contributed by atoms with E-state index in [0.717, 1.165) is 5.56 Å². The molecular formula is C17H21ClN4O3S. The van der Waals surface area contributed by atoms with Crippen molar-refractivity contribution in [3.05, 3.63) is 41.3 Å². The number of piperidine rings is 1. The average molecular weight is 397 g/mol. The largest absolute Gasteiger partial charge is 0.339 e. The van der Waals surface area contributed by atoms with Crippen LogP contribution >= 0.6 is 11.6 Å². The Kier molecular flexibility index (Phi) is 5.36. The number of benzene rings is 1. The molecule has 1 saturated heterocycles. The van der Waals surface area contributed by atoms with Crippen molar-refractivity contribution >= 4 is 33.2 Å². The van der Waals surface area contributed by atoms with Crippen LogP contribution in [0.5, 0.6) is 0 Å². The lowest BCUT2D eigenvalue weighted by Crippen LogP contribution is -2.41. The molecule has 2 aromatic rings. The topological polar surface area (TPSA) is 84.3 Å². The van der Waals surface area contributed by atoms with Crippen molar-refractivity contribution < 1.29 is 13.2 Å². The van der Waals surface area contributed by atoms with Crippen LogP contribution in [0.4, 0.5) is 5.69 Å². The lowest BCUT2D eigenvalue weighted by atomic mass is 9.97. The van der Waals surface area contributed by atoms with E-state index in [1.165, 1.54) is 16.8 Å². The average Bonchev–Trinajstić information content (AvgIpc) is 3.06. The minimum Gasteiger partial charge on any atom is -0.339 e. The molecule has 7 nitrogen and oxygen atoms in total. The zero-order valence-electron chi connectivity index (χ0n) is 14.6. The minimum absolute atomic E-state index is 0.0393. The Morgan fingerprint density at radius 2 is 2.00 bits per heavy atom. The highest BCUT2D eigenvalue weighted by Gasteiger charge is 2.33. The fraction of sp³-hybridized carbons (Fsp3) is 0.412. The van der Waals surface area contributed by atoms with Gasteiger partial charge in [0, 0.05) is 43.0 Å². The molecular weight excluding hydrogens is 376 g/mol. The number of aromatic nitrogens is 2. The van der Waals surface area contributed by atoms with Crippen molar-refractivity contribution in [1.82, 2.24) is 13.9 Å². The van der Waals surface area contributed by atoms with Crippen LogP contribution < -0.4 is 5.32 Å². The first-order valence-electron chi connectivity index (χ1n) is 8.33. The van der Waals surface area contributed by atoms with Gasteiger partial charge in [-0.25, -0.2) is 13.4 Å². The number of anilines is 1. The van der Waals surface area contributed by atoms with Gasteiger partial charge >= 0.3 is 0 Å². The number of carbonyl (C=O) groups excluding carboxylic acids is 1. The summed E-state index contributed by atoms with van der Waals surface area (Å²) >= 11 is 6.08. The first-order chi connectivity index (χ1) is 12.3. The Labute approximate surface area is 158 Å². The highest BCUT2D eigenvalue weighted by atomic mass is 35.5. The molecule has 2 heterocycles. The fourth-order valence-corrected chi connectivity index (χ4v) is 4.60. The maximum absolute atomic E-state index is 12.6. The Hall–Kier alpha value is -1.90. The number of hydrogen-bond donors (Lipinski definition) is 1. The van der Waals surface area contributed by atoms with Gasteiger partial charge in [0.2, 0.25) is 5.91 Å². The second kappa shape index (κ2) is 7.38. The van der Waals surface area contributed by atoms with Crippen molar-refractivity contribution in [2.45, 2.75) is 24.8 Å². The second-order valence-corrected chi connectivity index (χ2v) is 8.75. The van der Waals surface area contributed by atoms with Crippen LogP contribution in [0.2, 0.25) is 5.02 Å². The molecule has 1 aromatic heterocycles. The van der Waals surface area contributed by atoms with Crippen LogP contribution in [-0.4, -0.2) is 41.3 Å². The predicted octanol–water partition coefficient (Wildman–Crippen LogP) is 2.42. The molecule has 1 aliphatic heterocycles. The van der Waals surface area contributed by atoms with E-state index >= 15 is 0 Å². The third kappa shape index (κ3) is 3.77. The third-order valence-electron chi connectivity index (χ3n) is 4.64. The van der Waals surface area contributed by atoms with Gasteiger partial charge in [-0.15, -0.1) is 0 Å². The highest BCUT2D eigenvalue weighted by molar-refractivity contribution is 7.89. The summed E-state index contributed by atoms with van der Waals surface area (Å²) in [5, 5.41) is 3.54. The van der Waals surface area contributed by atoms with Gasteiger partial charge in [-0.1, -0.05) is 17.7 Å². The van der Waals surface area contributed by atoms with Crippen LogP contribution in [0, 0.1) is 12.8 Å². The van der Waals surface area contributed by atoms with Crippen molar-refractivity contribution in [2.24, 2.45) is 13.0 Å². The SMILES string of the molecule is Cc1c(Cl)cccc1NC(=O)C1CCN(S(=O)(=O)c2cn(C)cn2)CC1.